The molecule has 0 aromatic carbocycles. The fourth-order valence-electron chi connectivity index (χ4n) is 1.29. The summed E-state index contributed by atoms with van der Waals surface area (Å²) in [4.78, 5) is 21.9. The molecule has 1 saturated heterocycles. The minimum atomic E-state index is -5.02. The van der Waals surface area contributed by atoms with Crippen molar-refractivity contribution in [1.82, 2.24) is 4.90 Å². The monoisotopic (exact) mass is 243 g/mol. The van der Waals surface area contributed by atoms with Gasteiger partial charge in [-0.2, -0.15) is 13.2 Å². The van der Waals surface area contributed by atoms with Crippen LogP contribution < -0.4 is 0 Å². The minimum absolute atomic E-state index is 0.0156. The van der Waals surface area contributed by atoms with E-state index in [9.17, 15) is 22.8 Å². The molecule has 0 radical (unpaired) electrons. The lowest BCUT2D eigenvalue weighted by molar-refractivity contribution is -0.189. The van der Waals surface area contributed by atoms with Gasteiger partial charge in [-0.05, 0) is 6.92 Å². The topological polar surface area (TPSA) is 57.6 Å². The summed E-state index contributed by atoms with van der Waals surface area (Å²) in [5, 5.41) is 7.88. The van der Waals surface area contributed by atoms with Crippen molar-refractivity contribution >= 4 is 23.6 Å². The van der Waals surface area contributed by atoms with Crippen LogP contribution in [0.1, 0.15) is 6.92 Å². The summed E-state index contributed by atoms with van der Waals surface area (Å²) in [7, 11) is 0. The zero-order valence-corrected chi connectivity index (χ0v) is 8.43. The van der Waals surface area contributed by atoms with Gasteiger partial charge in [0.2, 0.25) is 0 Å². The number of carboxylic acid groups (broad SMARTS) is 1. The number of aliphatic carboxylic acids is 1. The number of hydrogen-bond acceptors (Lipinski definition) is 3. The highest BCUT2D eigenvalue weighted by molar-refractivity contribution is 8.00. The van der Waals surface area contributed by atoms with Gasteiger partial charge < -0.3 is 10.0 Å². The fraction of sp³-hybridized carbons (Fsp3) is 0.714. The summed E-state index contributed by atoms with van der Waals surface area (Å²) in [5.41, 5.74) is 0. The minimum Gasteiger partial charge on any atom is -0.480 e. The van der Waals surface area contributed by atoms with Crippen LogP contribution in [0.2, 0.25) is 0 Å². The van der Waals surface area contributed by atoms with E-state index in [1.54, 1.807) is 0 Å². The smallest absolute Gasteiger partial charge is 0.471 e. The van der Waals surface area contributed by atoms with Crippen molar-refractivity contribution in [3.8, 4) is 0 Å². The van der Waals surface area contributed by atoms with Gasteiger partial charge in [0.05, 0.1) is 5.37 Å². The Morgan fingerprint density at radius 3 is 2.40 bits per heavy atom. The van der Waals surface area contributed by atoms with Crippen LogP contribution in [0.25, 0.3) is 0 Å². The first-order chi connectivity index (χ1) is 6.75. The Balaban J connectivity index is 2.90. The van der Waals surface area contributed by atoms with Gasteiger partial charge in [-0.3, -0.25) is 4.79 Å². The van der Waals surface area contributed by atoms with Crippen molar-refractivity contribution in [2.75, 3.05) is 5.75 Å². The van der Waals surface area contributed by atoms with Crippen LogP contribution in [0.4, 0.5) is 13.2 Å². The number of nitrogens with zero attached hydrogens (tertiary/aromatic N) is 1. The molecule has 0 aromatic heterocycles. The second-order valence-electron chi connectivity index (χ2n) is 3.00. The molecule has 0 bridgehead atoms. The number of alkyl halides is 3. The van der Waals surface area contributed by atoms with Crippen LogP contribution in [0.5, 0.6) is 0 Å². The maximum atomic E-state index is 12.1. The van der Waals surface area contributed by atoms with Gasteiger partial charge in [-0.1, -0.05) is 0 Å². The first kappa shape index (κ1) is 12.2. The molecule has 1 N–H and O–H groups in total. The van der Waals surface area contributed by atoms with E-state index in [4.69, 9.17) is 5.11 Å². The van der Waals surface area contributed by atoms with Gasteiger partial charge in [0.1, 0.15) is 6.04 Å². The van der Waals surface area contributed by atoms with Gasteiger partial charge in [0.25, 0.3) is 0 Å². The fourth-order valence-corrected chi connectivity index (χ4v) is 2.45. The Kier molecular flexibility index (Phi) is 3.17. The number of halogens is 3. The molecule has 1 amide bonds. The van der Waals surface area contributed by atoms with E-state index in [1.165, 1.54) is 6.92 Å². The molecule has 1 heterocycles. The predicted molar refractivity (Wildman–Crippen MR) is 46.2 cm³/mol. The Morgan fingerprint density at radius 1 is 1.47 bits per heavy atom. The number of carboxylic acids is 1. The molecule has 1 rings (SSSR count). The number of rotatable bonds is 1. The molecular formula is C7H8F3NO3S. The Bertz CT molecular complexity index is 294. The van der Waals surface area contributed by atoms with Crippen molar-refractivity contribution < 1.29 is 27.9 Å². The molecule has 2 atom stereocenters. The third-order valence-electron chi connectivity index (χ3n) is 1.98. The van der Waals surface area contributed by atoms with Crippen LogP contribution in [-0.2, 0) is 9.59 Å². The van der Waals surface area contributed by atoms with E-state index in [-0.39, 0.29) is 5.75 Å². The van der Waals surface area contributed by atoms with Crippen LogP contribution in [0.3, 0.4) is 0 Å². The molecule has 15 heavy (non-hydrogen) atoms. The Labute approximate surface area is 87.4 Å². The molecule has 0 aliphatic carbocycles. The van der Waals surface area contributed by atoms with Gasteiger partial charge in [-0.15, -0.1) is 11.8 Å². The first-order valence-electron chi connectivity index (χ1n) is 3.99. The highest BCUT2D eigenvalue weighted by atomic mass is 32.2. The molecule has 1 fully saturated rings. The molecule has 0 saturated carbocycles. The molecule has 8 heteroatoms. The first-order valence-corrected chi connectivity index (χ1v) is 5.04. The van der Waals surface area contributed by atoms with E-state index in [1.807, 2.05) is 0 Å². The largest absolute Gasteiger partial charge is 0.480 e. The number of amides is 1. The molecule has 1 unspecified atom stereocenters. The van der Waals surface area contributed by atoms with E-state index in [0.717, 1.165) is 11.8 Å². The van der Waals surface area contributed by atoms with Crippen LogP contribution >= 0.6 is 11.8 Å². The van der Waals surface area contributed by atoms with E-state index in [2.05, 4.69) is 0 Å². The number of carbonyl (C=O) groups excluding carboxylic acids is 1. The maximum absolute atomic E-state index is 12.1. The number of carbonyl (C=O) groups is 2. The summed E-state index contributed by atoms with van der Waals surface area (Å²) < 4.78 is 36.4. The molecule has 0 aromatic rings. The van der Waals surface area contributed by atoms with Crippen molar-refractivity contribution in [3.63, 3.8) is 0 Å². The highest BCUT2D eigenvalue weighted by Crippen LogP contribution is 2.32. The molecule has 86 valence electrons. The van der Waals surface area contributed by atoms with Crippen LogP contribution in [0, 0.1) is 0 Å². The molecular weight excluding hydrogens is 235 g/mol. The maximum Gasteiger partial charge on any atom is 0.471 e. The molecule has 4 nitrogen and oxygen atoms in total. The standard InChI is InChI=1S/C7H8F3NO3S/c1-3-11(6(14)7(8,9)10)4(2-15-3)5(12)13/h3-4H,2H2,1H3,(H,12,13)/t3?,4-/m1/s1. The van der Waals surface area contributed by atoms with E-state index in [0.29, 0.717) is 4.90 Å². The van der Waals surface area contributed by atoms with Gasteiger partial charge in [0, 0.05) is 5.75 Å². The molecule has 1 aliphatic heterocycles. The summed E-state index contributed by atoms with van der Waals surface area (Å²) in [6.45, 7) is 1.37. The number of thioether (sulfide) groups is 1. The molecule has 1 aliphatic rings. The van der Waals surface area contributed by atoms with Crippen molar-refractivity contribution in [3.05, 3.63) is 0 Å². The van der Waals surface area contributed by atoms with E-state index < -0.39 is 29.5 Å². The average molecular weight is 243 g/mol. The third kappa shape index (κ3) is 2.36. The SMILES string of the molecule is CC1SC[C@H](C(=O)O)N1C(=O)C(F)(F)F. The normalized spacial score (nSPS) is 26.8. The summed E-state index contributed by atoms with van der Waals surface area (Å²) in [6.07, 6.45) is -5.02. The Hall–Kier alpha value is -0.920. The Morgan fingerprint density at radius 2 is 2.00 bits per heavy atom. The lowest BCUT2D eigenvalue weighted by Gasteiger charge is -2.25. The van der Waals surface area contributed by atoms with Gasteiger partial charge in [-0.25, -0.2) is 4.79 Å². The number of hydrogen-bond donors (Lipinski definition) is 1. The van der Waals surface area contributed by atoms with Gasteiger partial charge >= 0.3 is 18.1 Å². The predicted octanol–water partition coefficient (Wildman–Crippen LogP) is 0.923. The zero-order valence-electron chi connectivity index (χ0n) is 7.61. The van der Waals surface area contributed by atoms with E-state index >= 15 is 0 Å². The molecule has 0 spiro atoms. The van der Waals surface area contributed by atoms with Gasteiger partial charge in [0.15, 0.2) is 0 Å². The van der Waals surface area contributed by atoms with Crippen molar-refractivity contribution in [2.45, 2.75) is 24.5 Å². The highest BCUT2D eigenvalue weighted by Gasteiger charge is 2.50. The zero-order chi connectivity index (χ0) is 11.8. The second kappa shape index (κ2) is 3.92. The summed E-state index contributed by atoms with van der Waals surface area (Å²) in [5.74, 6) is -3.52. The lowest BCUT2D eigenvalue weighted by atomic mass is 10.2. The summed E-state index contributed by atoms with van der Waals surface area (Å²) >= 11 is 1.01. The summed E-state index contributed by atoms with van der Waals surface area (Å²) in [6, 6.07) is -1.39. The van der Waals surface area contributed by atoms with Crippen molar-refractivity contribution in [1.29, 1.82) is 0 Å². The quantitative estimate of drug-likeness (QED) is 0.744. The average Bonchev–Trinajstić information content (AvgIpc) is 2.44. The second-order valence-corrected chi connectivity index (χ2v) is 4.35. The van der Waals surface area contributed by atoms with Crippen LogP contribution in [0.15, 0.2) is 0 Å². The van der Waals surface area contributed by atoms with Crippen molar-refractivity contribution in [2.24, 2.45) is 0 Å². The third-order valence-corrected chi connectivity index (χ3v) is 3.20. The van der Waals surface area contributed by atoms with Crippen LogP contribution in [-0.4, -0.2) is 45.2 Å². The lowest BCUT2D eigenvalue weighted by Crippen LogP contribution is -2.50.